The molecule has 0 aliphatic carbocycles. The molecule has 1 aliphatic heterocycles. The summed E-state index contributed by atoms with van der Waals surface area (Å²) < 4.78 is 42.2. The van der Waals surface area contributed by atoms with Crippen LogP contribution < -0.4 is 14.2 Å². The molecule has 110 valence electrons. The fourth-order valence-corrected chi connectivity index (χ4v) is 2.27. The Bertz CT molecular complexity index is 676. The van der Waals surface area contributed by atoms with Crippen molar-refractivity contribution in [3.05, 3.63) is 52.6 Å². The van der Waals surface area contributed by atoms with Gasteiger partial charge in [-0.3, -0.25) is 0 Å². The van der Waals surface area contributed by atoms with Gasteiger partial charge in [0.05, 0.1) is 5.02 Å². The maximum atomic E-state index is 13.1. The molecule has 0 saturated carbocycles. The third kappa shape index (κ3) is 3.03. The van der Waals surface area contributed by atoms with Crippen LogP contribution >= 0.6 is 11.6 Å². The molecule has 21 heavy (non-hydrogen) atoms. The second-order valence-electron chi connectivity index (χ2n) is 4.47. The first-order valence-electron chi connectivity index (χ1n) is 6.29. The van der Waals surface area contributed by atoms with E-state index < -0.39 is 11.6 Å². The number of hydrogen-bond acceptors (Lipinski definition) is 3. The van der Waals surface area contributed by atoms with Crippen LogP contribution in [0.4, 0.5) is 8.78 Å². The molecular formula is C15H11ClF2O3. The Kier molecular flexibility index (Phi) is 3.84. The van der Waals surface area contributed by atoms with Crippen LogP contribution in [0.1, 0.15) is 5.56 Å². The van der Waals surface area contributed by atoms with E-state index in [2.05, 4.69) is 0 Å². The summed E-state index contributed by atoms with van der Waals surface area (Å²) in [6, 6.07) is 6.81. The SMILES string of the molecule is Fc1ccc(OCc2cc(Cl)c3c(c2)OCCO3)cc1F. The summed E-state index contributed by atoms with van der Waals surface area (Å²) >= 11 is 6.10. The van der Waals surface area contributed by atoms with E-state index in [4.69, 9.17) is 25.8 Å². The Morgan fingerprint density at radius 3 is 2.67 bits per heavy atom. The fourth-order valence-electron chi connectivity index (χ4n) is 1.98. The van der Waals surface area contributed by atoms with Gasteiger partial charge < -0.3 is 14.2 Å². The first-order chi connectivity index (χ1) is 10.1. The summed E-state index contributed by atoms with van der Waals surface area (Å²) in [6.45, 7) is 1.07. The summed E-state index contributed by atoms with van der Waals surface area (Å²) in [7, 11) is 0. The smallest absolute Gasteiger partial charge is 0.179 e. The van der Waals surface area contributed by atoms with Crippen molar-refractivity contribution in [2.45, 2.75) is 6.61 Å². The van der Waals surface area contributed by atoms with Crippen LogP contribution in [-0.4, -0.2) is 13.2 Å². The van der Waals surface area contributed by atoms with Gasteiger partial charge in [0.25, 0.3) is 0 Å². The quantitative estimate of drug-likeness (QED) is 0.858. The van der Waals surface area contributed by atoms with Crippen LogP contribution in [-0.2, 0) is 6.61 Å². The molecule has 0 radical (unpaired) electrons. The van der Waals surface area contributed by atoms with Crippen molar-refractivity contribution < 1.29 is 23.0 Å². The van der Waals surface area contributed by atoms with E-state index in [0.717, 1.165) is 17.7 Å². The van der Waals surface area contributed by atoms with E-state index in [1.54, 1.807) is 12.1 Å². The molecule has 0 N–H and O–H groups in total. The molecule has 0 amide bonds. The summed E-state index contributed by atoms with van der Waals surface area (Å²) in [5, 5.41) is 0.427. The number of ether oxygens (including phenoxy) is 3. The molecule has 0 fully saturated rings. The van der Waals surface area contributed by atoms with E-state index in [1.807, 2.05) is 0 Å². The maximum absolute atomic E-state index is 13.1. The van der Waals surface area contributed by atoms with E-state index in [1.165, 1.54) is 6.07 Å². The van der Waals surface area contributed by atoms with Gasteiger partial charge in [-0.05, 0) is 29.8 Å². The first kappa shape index (κ1) is 13.9. The van der Waals surface area contributed by atoms with Gasteiger partial charge in [0.1, 0.15) is 25.6 Å². The van der Waals surface area contributed by atoms with Crippen LogP contribution in [0.5, 0.6) is 17.2 Å². The highest BCUT2D eigenvalue weighted by molar-refractivity contribution is 6.32. The van der Waals surface area contributed by atoms with Gasteiger partial charge in [-0.15, -0.1) is 0 Å². The van der Waals surface area contributed by atoms with E-state index in [9.17, 15) is 8.78 Å². The van der Waals surface area contributed by atoms with Crippen LogP contribution in [0.2, 0.25) is 5.02 Å². The van der Waals surface area contributed by atoms with Crippen LogP contribution in [0.15, 0.2) is 30.3 Å². The molecule has 0 bridgehead atoms. The molecule has 0 unspecified atom stereocenters. The van der Waals surface area contributed by atoms with Gasteiger partial charge in [-0.1, -0.05) is 11.6 Å². The first-order valence-corrected chi connectivity index (χ1v) is 6.67. The number of hydrogen-bond donors (Lipinski definition) is 0. The zero-order valence-electron chi connectivity index (χ0n) is 10.9. The topological polar surface area (TPSA) is 27.7 Å². The Morgan fingerprint density at radius 1 is 1.05 bits per heavy atom. The maximum Gasteiger partial charge on any atom is 0.179 e. The van der Waals surface area contributed by atoms with Crippen LogP contribution in [0.25, 0.3) is 0 Å². The number of rotatable bonds is 3. The minimum atomic E-state index is -0.951. The average Bonchev–Trinajstić information content (AvgIpc) is 2.49. The molecule has 0 aromatic heterocycles. The van der Waals surface area contributed by atoms with Gasteiger partial charge >= 0.3 is 0 Å². The normalized spacial score (nSPS) is 13.1. The predicted molar refractivity (Wildman–Crippen MR) is 73.1 cm³/mol. The fraction of sp³-hybridized carbons (Fsp3) is 0.200. The van der Waals surface area contributed by atoms with Gasteiger partial charge in [-0.2, -0.15) is 0 Å². The zero-order valence-corrected chi connectivity index (χ0v) is 11.6. The highest BCUT2D eigenvalue weighted by Crippen LogP contribution is 2.38. The third-order valence-electron chi connectivity index (χ3n) is 2.95. The van der Waals surface area contributed by atoms with Crippen molar-refractivity contribution in [2.75, 3.05) is 13.2 Å². The Balaban J connectivity index is 1.76. The lowest BCUT2D eigenvalue weighted by Crippen LogP contribution is -2.16. The molecule has 2 aromatic rings. The lowest BCUT2D eigenvalue weighted by Gasteiger charge is -2.20. The van der Waals surface area contributed by atoms with Gasteiger partial charge in [0, 0.05) is 6.07 Å². The summed E-state index contributed by atoms with van der Waals surface area (Å²) in [5.41, 5.74) is 0.744. The zero-order chi connectivity index (χ0) is 14.8. The number of fused-ring (bicyclic) bond motifs is 1. The minimum Gasteiger partial charge on any atom is -0.489 e. The number of benzene rings is 2. The molecule has 2 aromatic carbocycles. The molecule has 0 saturated heterocycles. The molecule has 0 atom stereocenters. The highest BCUT2D eigenvalue weighted by Gasteiger charge is 2.16. The molecule has 3 rings (SSSR count). The Hall–Kier alpha value is -2.01. The van der Waals surface area contributed by atoms with Crippen molar-refractivity contribution >= 4 is 11.6 Å². The van der Waals surface area contributed by atoms with Crippen molar-refractivity contribution in [3.8, 4) is 17.2 Å². The largest absolute Gasteiger partial charge is 0.489 e. The van der Waals surface area contributed by atoms with E-state index in [-0.39, 0.29) is 12.4 Å². The van der Waals surface area contributed by atoms with Gasteiger partial charge in [0.15, 0.2) is 23.1 Å². The van der Waals surface area contributed by atoms with Crippen molar-refractivity contribution in [1.29, 1.82) is 0 Å². The minimum absolute atomic E-state index is 0.154. The predicted octanol–water partition coefficient (Wildman–Crippen LogP) is 3.97. The van der Waals surface area contributed by atoms with Crippen LogP contribution in [0, 0.1) is 11.6 Å². The second kappa shape index (κ2) is 5.77. The van der Waals surface area contributed by atoms with E-state index >= 15 is 0 Å². The Morgan fingerprint density at radius 2 is 1.86 bits per heavy atom. The lowest BCUT2D eigenvalue weighted by atomic mass is 10.2. The molecular weight excluding hydrogens is 302 g/mol. The second-order valence-corrected chi connectivity index (χ2v) is 4.87. The van der Waals surface area contributed by atoms with Crippen molar-refractivity contribution in [2.24, 2.45) is 0 Å². The van der Waals surface area contributed by atoms with Crippen molar-refractivity contribution in [1.82, 2.24) is 0 Å². The third-order valence-corrected chi connectivity index (χ3v) is 3.23. The Labute approximate surface area is 125 Å². The molecule has 3 nitrogen and oxygen atoms in total. The average molecular weight is 313 g/mol. The highest BCUT2D eigenvalue weighted by atomic mass is 35.5. The molecule has 1 aliphatic rings. The molecule has 0 spiro atoms. The summed E-state index contributed by atoms with van der Waals surface area (Å²) in [6.07, 6.45) is 0. The molecule has 6 heteroatoms. The number of halogens is 3. The van der Waals surface area contributed by atoms with E-state index in [0.29, 0.717) is 29.7 Å². The van der Waals surface area contributed by atoms with Crippen LogP contribution in [0.3, 0.4) is 0 Å². The standard InChI is InChI=1S/C15H11ClF2O3/c16-11-5-9(6-14-15(11)20-4-3-19-14)8-21-10-1-2-12(17)13(18)7-10/h1-2,5-7H,3-4,8H2. The summed E-state index contributed by atoms with van der Waals surface area (Å²) in [4.78, 5) is 0. The monoisotopic (exact) mass is 312 g/mol. The van der Waals surface area contributed by atoms with Gasteiger partial charge in [-0.25, -0.2) is 8.78 Å². The lowest BCUT2D eigenvalue weighted by molar-refractivity contribution is 0.171. The van der Waals surface area contributed by atoms with Crippen molar-refractivity contribution in [3.63, 3.8) is 0 Å². The summed E-state index contributed by atoms with van der Waals surface area (Å²) in [5.74, 6) is -0.561. The van der Waals surface area contributed by atoms with Gasteiger partial charge in [0.2, 0.25) is 0 Å². The molecule has 1 heterocycles.